The molecular weight excluding hydrogens is 366 g/mol. The number of ether oxygens (including phenoxy) is 1. The highest BCUT2D eigenvalue weighted by atomic mass is 16.5. The molecule has 2 rings (SSSR count). The highest BCUT2D eigenvalue weighted by molar-refractivity contribution is 5.82. The third-order valence-corrected chi connectivity index (χ3v) is 4.65. The summed E-state index contributed by atoms with van der Waals surface area (Å²) in [7, 11) is 0. The molecule has 156 valence electrons. The minimum atomic E-state index is -0.701. The number of hydrazone groups is 1. The van der Waals surface area contributed by atoms with Gasteiger partial charge in [-0.05, 0) is 62.6 Å². The molecule has 0 aliphatic heterocycles. The van der Waals surface area contributed by atoms with E-state index in [1.54, 1.807) is 6.21 Å². The van der Waals surface area contributed by atoms with Gasteiger partial charge in [-0.3, -0.25) is 4.79 Å². The van der Waals surface area contributed by atoms with Crippen LogP contribution in [0.3, 0.4) is 0 Å². The lowest BCUT2D eigenvalue weighted by atomic mass is 10.0. The van der Waals surface area contributed by atoms with Gasteiger partial charge in [-0.15, -0.1) is 0 Å². The molecule has 6 nitrogen and oxygen atoms in total. The van der Waals surface area contributed by atoms with Crippen LogP contribution in [0.25, 0.3) is 0 Å². The molecule has 1 amide bonds. The monoisotopic (exact) mass is 397 g/mol. The first kappa shape index (κ1) is 22.4. The Morgan fingerprint density at radius 3 is 2.34 bits per heavy atom. The summed E-state index contributed by atoms with van der Waals surface area (Å²) in [4.78, 5) is 14.2. The van der Waals surface area contributed by atoms with E-state index in [1.807, 2.05) is 55.5 Å². The van der Waals surface area contributed by atoms with E-state index in [9.17, 15) is 9.90 Å². The zero-order valence-corrected chi connectivity index (χ0v) is 17.5. The lowest BCUT2D eigenvalue weighted by Crippen LogP contribution is -2.21. The van der Waals surface area contributed by atoms with Gasteiger partial charge in [-0.1, -0.05) is 24.3 Å². The van der Waals surface area contributed by atoms with Crippen molar-refractivity contribution >= 4 is 17.8 Å². The second-order valence-electron chi connectivity index (χ2n) is 6.61. The molecule has 1 atom stereocenters. The fraction of sp³-hybridized carbons (Fsp3) is 0.391. The number of nitrogens with zero attached hydrogens (tertiary/aromatic N) is 2. The van der Waals surface area contributed by atoms with Gasteiger partial charge in [-0.25, -0.2) is 5.43 Å². The van der Waals surface area contributed by atoms with Gasteiger partial charge in [0.25, 0.3) is 0 Å². The molecule has 0 aliphatic rings. The highest BCUT2D eigenvalue weighted by Crippen LogP contribution is 2.21. The predicted molar refractivity (Wildman–Crippen MR) is 118 cm³/mol. The van der Waals surface area contributed by atoms with Crippen molar-refractivity contribution in [3.8, 4) is 5.75 Å². The largest absolute Gasteiger partial charge is 0.494 e. The normalized spacial score (nSPS) is 12.0. The van der Waals surface area contributed by atoms with E-state index in [2.05, 4.69) is 29.3 Å². The number of benzene rings is 2. The average molecular weight is 398 g/mol. The van der Waals surface area contributed by atoms with Gasteiger partial charge in [0.05, 0.1) is 18.9 Å². The van der Waals surface area contributed by atoms with E-state index in [1.165, 1.54) is 5.69 Å². The first-order valence-electron chi connectivity index (χ1n) is 10.1. The van der Waals surface area contributed by atoms with E-state index in [0.29, 0.717) is 13.0 Å². The number of nitrogens with one attached hydrogen (secondary N) is 1. The van der Waals surface area contributed by atoms with E-state index < -0.39 is 6.10 Å². The average Bonchev–Trinajstić information content (AvgIpc) is 2.75. The number of carbonyl (C=O) groups excluding carboxylic acids is 1. The molecule has 0 radical (unpaired) electrons. The Balaban J connectivity index is 1.77. The summed E-state index contributed by atoms with van der Waals surface area (Å²) in [6.45, 7) is 8.70. The molecule has 0 saturated carbocycles. The molecule has 2 aromatic rings. The predicted octanol–water partition coefficient (Wildman–Crippen LogP) is 3.90. The fourth-order valence-electron chi connectivity index (χ4n) is 2.98. The maximum absolute atomic E-state index is 12.0. The molecule has 0 aromatic heterocycles. The molecule has 2 aromatic carbocycles. The second-order valence-corrected chi connectivity index (χ2v) is 6.61. The molecule has 0 heterocycles. The SMILES string of the molecule is CCOc1ccc([C@@H](O)CCC(=O)N/N=C\c2ccc(N(CC)CC)cc2)cc1. The van der Waals surface area contributed by atoms with E-state index in [4.69, 9.17) is 4.74 Å². The molecule has 0 spiro atoms. The molecule has 0 unspecified atom stereocenters. The third kappa shape index (κ3) is 7.23. The van der Waals surface area contributed by atoms with E-state index >= 15 is 0 Å². The maximum atomic E-state index is 12.0. The Morgan fingerprint density at radius 2 is 1.76 bits per heavy atom. The Hall–Kier alpha value is -2.86. The summed E-state index contributed by atoms with van der Waals surface area (Å²) in [6, 6.07) is 15.3. The summed E-state index contributed by atoms with van der Waals surface area (Å²) < 4.78 is 5.39. The fourth-order valence-corrected chi connectivity index (χ4v) is 2.98. The van der Waals surface area contributed by atoms with Crippen LogP contribution in [-0.4, -0.2) is 36.9 Å². The lowest BCUT2D eigenvalue weighted by Gasteiger charge is -2.20. The summed E-state index contributed by atoms with van der Waals surface area (Å²) >= 11 is 0. The quantitative estimate of drug-likeness (QED) is 0.446. The van der Waals surface area contributed by atoms with Crippen molar-refractivity contribution in [3.63, 3.8) is 0 Å². The van der Waals surface area contributed by atoms with Crippen LogP contribution in [0.4, 0.5) is 5.69 Å². The van der Waals surface area contributed by atoms with E-state index in [0.717, 1.165) is 30.0 Å². The first-order valence-corrected chi connectivity index (χ1v) is 10.1. The second kappa shape index (κ2) is 11.9. The Kier molecular flexibility index (Phi) is 9.18. The van der Waals surface area contributed by atoms with Crippen LogP contribution < -0.4 is 15.1 Å². The maximum Gasteiger partial charge on any atom is 0.240 e. The number of amides is 1. The Morgan fingerprint density at radius 1 is 1.10 bits per heavy atom. The zero-order valence-electron chi connectivity index (χ0n) is 17.5. The van der Waals surface area contributed by atoms with Crippen LogP contribution in [0.1, 0.15) is 50.8 Å². The number of rotatable bonds is 11. The van der Waals surface area contributed by atoms with Crippen LogP contribution in [0.5, 0.6) is 5.75 Å². The molecule has 2 N–H and O–H groups in total. The van der Waals surface area contributed by atoms with Crippen LogP contribution in [0.2, 0.25) is 0 Å². The summed E-state index contributed by atoms with van der Waals surface area (Å²) in [6.07, 6.45) is 1.43. The van der Waals surface area contributed by atoms with Gasteiger partial charge >= 0.3 is 0 Å². The smallest absolute Gasteiger partial charge is 0.240 e. The van der Waals surface area contributed by atoms with Crippen molar-refractivity contribution in [2.24, 2.45) is 5.10 Å². The summed E-state index contributed by atoms with van der Waals surface area (Å²) in [5, 5.41) is 14.2. The van der Waals surface area contributed by atoms with Gasteiger partial charge in [0, 0.05) is 25.2 Å². The Labute approximate surface area is 173 Å². The molecule has 29 heavy (non-hydrogen) atoms. The molecule has 0 aliphatic carbocycles. The number of hydrogen-bond acceptors (Lipinski definition) is 5. The number of aliphatic hydroxyl groups excluding tert-OH is 1. The minimum absolute atomic E-state index is 0.187. The van der Waals surface area contributed by atoms with Crippen molar-refractivity contribution in [2.45, 2.75) is 39.7 Å². The standard InChI is InChI=1S/C23H31N3O3/c1-4-26(5-2)20-11-7-18(8-12-20)17-24-25-23(28)16-15-22(27)19-9-13-21(14-10-19)29-6-3/h7-14,17,22,27H,4-6,15-16H2,1-3H3,(H,25,28)/b24-17-/t22-/m0/s1. The van der Waals surface area contributed by atoms with Crippen molar-refractivity contribution in [2.75, 3.05) is 24.6 Å². The van der Waals surface area contributed by atoms with Gasteiger partial charge in [0.2, 0.25) is 5.91 Å². The molecule has 6 heteroatoms. The lowest BCUT2D eigenvalue weighted by molar-refractivity contribution is -0.121. The molecule has 0 fully saturated rings. The van der Waals surface area contributed by atoms with Gasteiger partial charge in [-0.2, -0.15) is 5.10 Å². The number of aliphatic hydroxyl groups is 1. The summed E-state index contributed by atoms with van der Waals surface area (Å²) in [5.41, 5.74) is 5.35. The molecule has 0 bridgehead atoms. The number of anilines is 1. The van der Waals surface area contributed by atoms with Crippen molar-refractivity contribution in [1.82, 2.24) is 5.43 Å². The first-order chi connectivity index (χ1) is 14.1. The van der Waals surface area contributed by atoms with Crippen LogP contribution in [0.15, 0.2) is 53.6 Å². The van der Waals surface area contributed by atoms with Gasteiger partial charge in [0.1, 0.15) is 5.75 Å². The summed E-state index contributed by atoms with van der Waals surface area (Å²) in [5.74, 6) is 0.534. The van der Waals surface area contributed by atoms with E-state index in [-0.39, 0.29) is 12.3 Å². The van der Waals surface area contributed by atoms with Gasteiger partial charge in [0.15, 0.2) is 0 Å². The zero-order chi connectivity index (χ0) is 21.1. The van der Waals surface area contributed by atoms with Crippen LogP contribution >= 0.6 is 0 Å². The van der Waals surface area contributed by atoms with Crippen LogP contribution in [0, 0.1) is 0 Å². The number of carbonyl (C=O) groups is 1. The third-order valence-electron chi connectivity index (χ3n) is 4.65. The topological polar surface area (TPSA) is 74.2 Å². The minimum Gasteiger partial charge on any atom is -0.494 e. The molecular formula is C23H31N3O3. The highest BCUT2D eigenvalue weighted by Gasteiger charge is 2.10. The van der Waals surface area contributed by atoms with Crippen molar-refractivity contribution in [1.29, 1.82) is 0 Å². The van der Waals surface area contributed by atoms with Crippen molar-refractivity contribution in [3.05, 3.63) is 59.7 Å². The Bertz CT molecular complexity index is 769. The van der Waals surface area contributed by atoms with Crippen molar-refractivity contribution < 1.29 is 14.6 Å². The number of hydrogen-bond donors (Lipinski definition) is 2. The van der Waals surface area contributed by atoms with Gasteiger partial charge < -0.3 is 14.7 Å². The molecule has 0 saturated heterocycles. The van der Waals surface area contributed by atoms with Crippen LogP contribution in [-0.2, 0) is 4.79 Å².